The van der Waals surface area contributed by atoms with Gasteiger partial charge in [-0.2, -0.15) is 0 Å². The van der Waals surface area contributed by atoms with Gasteiger partial charge in [0, 0.05) is 37.9 Å². The first kappa shape index (κ1) is 14.8. The third-order valence-electron chi connectivity index (χ3n) is 4.71. The van der Waals surface area contributed by atoms with Crippen LogP contribution in [0, 0.1) is 5.82 Å². The van der Waals surface area contributed by atoms with Crippen LogP contribution < -0.4 is 10.2 Å². The highest BCUT2D eigenvalue weighted by molar-refractivity contribution is 5.48. The summed E-state index contributed by atoms with van der Waals surface area (Å²) in [5, 5.41) is 3.45. The Labute approximate surface area is 127 Å². The Balaban J connectivity index is 1.64. The van der Waals surface area contributed by atoms with Crippen molar-refractivity contribution in [2.45, 2.75) is 44.3 Å². The second-order valence-electron chi connectivity index (χ2n) is 6.63. The minimum absolute atomic E-state index is 0.133. The summed E-state index contributed by atoms with van der Waals surface area (Å²) >= 11 is 0. The standard InChI is InChI=1S/C17H26FN3/c1-20-7-3-4-16(20)12-21(2)17-9-13(8-14(18)10-17)11-19-15-5-6-15/h8-10,15-16,19H,3-7,11-12H2,1-2H3. The molecule has 0 radical (unpaired) electrons. The van der Waals surface area contributed by atoms with Gasteiger partial charge in [-0.05, 0) is 63.0 Å². The Hall–Kier alpha value is -1.13. The first-order chi connectivity index (χ1) is 10.1. The Morgan fingerprint density at radius 3 is 2.76 bits per heavy atom. The molecule has 1 aliphatic heterocycles. The maximum atomic E-state index is 13.9. The van der Waals surface area contributed by atoms with Crippen molar-refractivity contribution in [3.8, 4) is 0 Å². The molecule has 116 valence electrons. The van der Waals surface area contributed by atoms with Crippen molar-refractivity contribution in [3.63, 3.8) is 0 Å². The van der Waals surface area contributed by atoms with Gasteiger partial charge in [-0.25, -0.2) is 4.39 Å². The minimum atomic E-state index is -0.133. The molecule has 1 aromatic carbocycles. The van der Waals surface area contributed by atoms with Gasteiger partial charge in [0.05, 0.1) is 0 Å². The molecule has 4 heteroatoms. The molecule has 1 aliphatic carbocycles. The van der Waals surface area contributed by atoms with Crippen molar-refractivity contribution in [2.75, 3.05) is 32.1 Å². The summed E-state index contributed by atoms with van der Waals surface area (Å²) < 4.78 is 13.9. The summed E-state index contributed by atoms with van der Waals surface area (Å²) in [5.74, 6) is -0.133. The van der Waals surface area contributed by atoms with Gasteiger partial charge in [0.1, 0.15) is 5.82 Å². The highest BCUT2D eigenvalue weighted by atomic mass is 19.1. The molecule has 0 spiro atoms. The number of hydrogen-bond donors (Lipinski definition) is 1. The van der Waals surface area contributed by atoms with Gasteiger partial charge < -0.3 is 15.1 Å². The fourth-order valence-corrected chi connectivity index (χ4v) is 3.14. The molecule has 1 N–H and O–H groups in total. The van der Waals surface area contributed by atoms with E-state index in [0.717, 1.165) is 24.3 Å². The van der Waals surface area contributed by atoms with Crippen molar-refractivity contribution < 1.29 is 4.39 Å². The molecule has 0 aromatic heterocycles. The maximum Gasteiger partial charge on any atom is 0.125 e. The molecule has 1 aromatic rings. The van der Waals surface area contributed by atoms with E-state index in [4.69, 9.17) is 0 Å². The van der Waals surface area contributed by atoms with Gasteiger partial charge in [-0.3, -0.25) is 0 Å². The molecule has 2 aliphatic rings. The van der Waals surface area contributed by atoms with E-state index in [2.05, 4.69) is 35.3 Å². The molecule has 0 amide bonds. The normalized spacial score (nSPS) is 22.7. The van der Waals surface area contributed by atoms with Crippen LogP contribution in [0.25, 0.3) is 0 Å². The quantitative estimate of drug-likeness (QED) is 0.869. The van der Waals surface area contributed by atoms with Crippen LogP contribution in [0.2, 0.25) is 0 Å². The molecule has 21 heavy (non-hydrogen) atoms. The first-order valence-corrected chi connectivity index (χ1v) is 8.06. The van der Waals surface area contributed by atoms with E-state index in [9.17, 15) is 4.39 Å². The number of hydrogen-bond acceptors (Lipinski definition) is 3. The zero-order valence-electron chi connectivity index (χ0n) is 13.1. The Morgan fingerprint density at radius 2 is 2.10 bits per heavy atom. The number of likely N-dealkylation sites (tertiary alicyclic amines) is 1. The van der Waals surface area contributed by atoms with E-state index < -0.39 is 0 Å². The van der Waals surface area contributed by atoms with Gasteiger partial charge in [0.15, 0.2) is 0 Å². The van der Waals surface area contributed by atoms with Gasteiger partial charge >= 0.3 is 0 Å². The third kappa shape index (κ3) is 3.95. The predicted molar refractivity (Wildman–Crippen MR) is 85.2 cm³/mol. The van der Waals surface area contributed by atoms with Crippen molar-refractivity contribution >= 4 is 5.69 Å². The lowest BCUT2D eigenvalue weighted by Gasteiger charge is -2.27. The summed E-state index contributed by atoms with van der Waals surface area (Å²) in [7, 11) is 4.25. The number of halogens is 1. The van der Waals surface area contributed by atoms with E-state index in [1.807, 2.05) is 0 Å². The molecular formula is C17H26FN3. The first-order valence-electron chi connectivity index (χ1n) is 8.06. The van der Waals surface area contributed by atoms with Crippen LogP contribution in [-0.4, -0.2) is 44.2 Å². The maximum absolute atomic E-state index is 13.9. The van der Waals surface area contributed by atoms with E-state index >= 15 is 0 Å². The number of nitrogens with one attached hydrogen (secondary N) is 1. The smallest absolute Gasteiger partial charge is 0.125 e. The number of rotatable bonds is 6. The lowest BCUT2D eigenvalue weighted by atomic mass is 10.1. The fraction of sp³-hybridized carbons (Fsp3) is 0.647. The number of benzene rings is 1. The van der Waals surface area contributed by atoms with Gasteiger partial charge in [0.2, 0.25) is 0 Å². The summed E-state index contributed by atoms with van der Waals surface area (Å²) in [5.41, 5.74) is 2.03. The predicted octanol–water partition coefficient (Wildman–Crippen LogP) is 2.61. The average molecular weight is 291 g/mol. The van der Waals surface area contributed by atoms with Crippen LogP contribution in [0.15, 0.2) is 18.2 Å². The van der Waals surface area contributed by atoms with E-state index in [1.54, 1.807) is 12.1 Å². The molecule has 1 saturated carbocycles. The number of nitrogens with zero attached hydrogens (tertiary/aromatic N) is 2. The summed E-state index contributed by atoms with van der Waals surface area (Å²) in [6.45, 7) is 2.92. The second-order valence-corrected chi connectivity index (χ2v) is 6.63. The van der Waals surface area contributed by atoms with Crippen molar-refractivity contribution in [2.24, 2.45) is 0 Å². The van der Waals surface area contributed by atoms with Crippen LogP contribution >= 0.6 is 0 Å². The molecule has 3 rings (SSSR count). The number of likely N-dealkylation sites (N-methyl/N-ethyl adjacent to an activating group) is 2. The molecule has 2 fully saturated rings. The van der Waals surface area contributed by atoms with E-state index in [0.29, 0.717) is 12.1 Å². The van der Waals surface area contributed by atoms with Crippen molar-refractivity contribution in [1.82, 2.24) is 10.2 Å². The van der Waals surface area contributed by atoms with Crippen LogP contribution in [0.5, 0.6) is 0 Å². The van der Waals surface area contributed by atoms with Crippen LogP contribution in [0.1, 0.15) is 31.2 Å². The minimum Gasteiger partial charge on any atom is -0.373 e. The summed E-state index contributed by atoms with van der Waals surface area (Å²) in [6.07, 6.45) is 5.03. The van der Waals surface area contributed by atoms with Gasteiger partial charge in [-0.15, -0.1) is 0 Å². The lowest BCUT2D eigenvalue weighted by molar-refractivity contribution is 0.314. The third-order valence-corrected chi connectivity index (χ3v) is 4.71. The Bertz CT molecular complexity index is 487. The zero-order valence-corrected chi connectivity index (χ0v) is 13.1. The monoisotopic (exact) mass is 291 g/mol. The molecule has 1 saturated heterocycles. The molecule has 1 heterocycles. The van der Waals surface area contributed by atoms with Gasteiger partial charge in [-0.1, -0.05) is 0 Å². The highest BCUT2D eigenvalue weighted by Crippen LogP contribution is 2.23. The second kappa shape index (κ2) is 6.32. The molecular weight excluding hydrogens is 265 g/mol. The Kier molecular flexibility index (Phi) is 4.45. The lowest BCUT2D eigenvalue weighted by Crippen LogP contribution is -2.36. The highest BCUT2D eigenvalue weighted by Gasteiger charge is 2.23. The van der Waals surface area contributed by atoms with Crippen LogP contribution in [0.3, 0.4) is 0 Å². The SMILES string of the molecule is CN(CC1CCCN1C)c1cc(F)cc(CNC2CC2)c1. The summed E-state index contributed by atoms with van der Waals surface area (Å²) in [4.78, 5) is 4.60. The van der Waals surface area contributed by atoms with Crippen molar-refractivity contribution in [1.29, 1.82) is 0 Å². The number of anilines is 1. The molecule has 3 nitrogen and oxygen atoms in total. The fourth-order valence-electron chi connectivity index (χ4n) is 3.14. The van der Waals surface area contributed by atoms with Crippen molar-refractivity contribution in [3.05, 3.63) is 29.6 Å². The topological polar surface area (TPSA) is 18.5 Å². The largest absolute Gasteiger partial charge is 0.373 e. The van der Waals surface area contributed by atoms with Gasteiger partial charge in [0.25, 0.3) is 0 Å². The molecule has 1 unspecified atom stereocenters. The van der Waals surface area contributed by atoms with Crippen LogP contribution in [0.4, 0.5) is 10.1 Å². The molecule has 0 bridgehead atoms. The average Bonchev–Trinajstić information content (AvgIpc) is 3.20. The van der Waals surface area contributed by atoms with Crippen LogP contribution in [-0.2, 0) is 6.54 Å². The Morgan fingerprint density at radius 1 is 1.29 bits per heavy atom. The molecule has 1 atom stereocenters. The summed E-state index contributed by atoms with van der Waals surface area (Å²) in [6, 6.07) is 6.66. The van der Waals surface area contributed by atoms with E-state index in [-0.39, 0.29) is 5.82 Å². The van der Waals surface area contributed by atoms with E-state index in [1.165, 1.54) is 32.2 Å². The zero-order chi connectivity index (χ0) is 14.8.